The summed E-state index contributed by atoms with van der Waals surface area (Å²) < 4.78 is 10.0. The van der Waals surface area contributed by atoms with E-state index >= 15 is 0 Å². The maximum absolute atomic E-state index is 13.0. The molecule has 0 aliphatic carbocycles. The lowest BCUT2D eigenvalue weighted by Crippen LogP contribution is -2.39. The Balaban J connectivity index is 1.72. The second-order valence-electron chi connectivity index (χ2n) is 8.82. The first kappa shape index (κ1) is 22.1. The van der Waals surface area contributed by atoms with Gasteiger partial charge in [0.15, 0.2) is 11.2 Å². The van der Waals surface area contributed by atoms with E-state index in [2.05, 4.69) is 11.8 Å². The van der Waals surface area contributed by atoms with Crippen molar-refractivity contribution < 1.29 is 9.84 Å². The molecule has 0 unspecified atom stereocenters. The van der Waals surface area contributed by atoms with Gasteiger partial charge in [0.25, 0.3) is 5.56 Å². The highest BCUT2D eigenvalue weighted by Gasteiger charge is 2.26. The number of ether oxygens (including phenoxy) is 1. The zero-order valence-corrected chi connectivity index (χ0v) is 19.1. The molecular weight excluding hydrogens is 410 g/mol. The van der Waals surface area contributed by atoms with E-state index in [-0.39, 0.29) is 13.2 Å². The summed E-state index contributed by atoms with van der Waals surface area (Å²) in [6.07, 6.45) is 1.30. The maximum Gasteiger partial charge on any atom is 0.332 e. The summed E-state index contributed by atoms with van der Waals surface area (Å²) in [6, 6.07) is 7.63. The number of imidazole rings is 1. The molecule has 9 heteroatoms. The van der Waals surface area contributed by atoms with Gasteiger partial charge in [-0.2, -0.15) is 4.98 Å². The minimum Gasteiger partial charge on any atom is -0.491 e. The fraction of sp³-hybridized carbons (Fsp3) is 0.522. The fourth-order valence-electron chi connectivity index (χ4n) is 4.39. The Bertz CT molecular complexity index is 1240. The molecule has 3 aromatic rings. The summed E-state index contributed by atoms with van der Waals surface area (Å²) in [5.41, 5.74) is 0.795. The van der Waals surface area contributed by atoms with Crippen LogP contribution in [0.25, 0.3) is 11.2 Å². The second-order valence-corrected chi connectivity index (χ2v) is 8.82. The number of fused-ring (bicyclic) bond motifs is 1. The number of para-hydroxylation sites is 1. The molecule has 1 N–H and O–H groups in total. The van der Waals surface area contributed by atoms with Gasteiger partial charge in [-0.15, -0.1) is 0 Å². The third-order valence-corrected chi connectivity index (χ3v) is 6.19. The highest BCUT2D eigenvalue weighted by atomic mass is 16.5. The monoisotopic (exact) mass is 441 g/mol. The number of piperidine rings is 1. The number of rotatable bonds is 6. The van der Waals surface area contributed by atoms with Gasteiger partial charge in [-0.25, -0.2) is 4.79 Å². The van der Waals surface area contributed by atoms with Gasteiger partial charge in [-0.05, 0) is 37.3 Å². The van der Waals surface area contributed by atoms with Crippen LogP contribution in [0.3, 0.4) is 0 Å². The third-order valence-electron chi connectivity index (χ3n) is 6.19. The van der Waals surface area contributed by atoms with Crippen molar-refractivity contribution in [1.29, 1.82) is 0 Å². The standard InChI is InChI=1S/C23H31N5O4/c1-15-8-7-11-27(12-15)22-24-20-19(21(30)26(4)23(31)25(20)3)28(22)13-17(29)14-32-18-10-6-5-9-16(18)2/h5-6,9-10,15,17,29H,7-8,11-14H2,1-4H3/t15-,17-/m0/s1. The molecule has 0 spiro atoms. The van der Waals surface area contributed by atoms with Crippen LogP contribution < -0.4 is 20.9 Å². The molecule has 1 saturated heterocycles. The predicted molar refractivity (Wildman–Crippen MR) is 124 cm³/mol. The Morgan fingerprint density at radius 3 is 2.69 bits per heavy atom. The van der Waals surface area contributed by atoms with Crippen LogP contribution in [0.15, 0.2) is 33.9 Å². The highest BCUT2D eigenvalue weighted by Crippen LogP contribution is 2.26. The molecule has 4 rings (SSSR count). The molecule has 1 aromatic carbocycles. The van der Waals surface area contributed by atoms with Gasteiger partial charge >= 0.3 is 5.69 Å². The quantitative estimate of drug-likeness (QED) is 0.622. The molecule has 3 heterocycles. The van der Waals surface area contributed by atoms with Crippen molar-refractivity contribution in [2.75, 3.05) is 24.6 Å². The zero-order valence-electron chi connectivity index (χ0n) is 19.1. The maximum atomic E-state index is 13.0. The number of nitrogens with zero attached hydrogens (tertiary/aromatic N) is 5. The largest absolute Gasteiger partial charge is 0.491 e. The number of aromatic nitrogens is 4. The number of hydrogen-bond donors (Lipinski definition) is 1. The summed E-state index contributed by atoms with van der Waals surface area (Å²) in [4.78, 5) is 32.4. The van der Waals surface area contributed by atoms with Crippen LogP contribution in [0.5, 0.6) is 5.75 Å². The van der Waals surface area contributed by atoms with E-state index in [1.165, 1.54) is 11.6 Å². The number of aliphatic hydroxyl groups is 1. The van der Waals surface area contributed by atoms with E-state index in [9.17, 15) is 14.7 Å². The lowest BCUT2D eigenvalue weighted by molar-refractivity contribution is 0.0932. The van der Waals surface area contributed by atoms with Gasteiger partial charge in [-0.1, -0.05) is 25.1 Å². The Morgan fingerprint density at radius 1 is 1.22 bits per heavy atom. The molecule has 0 saturated carbocycles. The fourth-order valence-corrected chi connectivity index (χ4v) is 4.39. The molecule has 0 amide bonds. The van der Waals surface area contributed by atoms with Crippen molar-refractivity contribution in [2.24, 2.45) is 20.0 Å². The normalized spacial score (nSPS) is 17.7. The van der Waals surface area contributed by atoms with Crippen molar-refractivity contribution in [3.05, 3.63) is 50.7 Å². The average Bonchev–Trinajstić information content (AvgIpc) is 3.15. The van der Waals surface area contributed by atoms with Crippen LogP contribution in [-0.2, 0) is 20.6 Å². The molecule has 2 atom stereocenters. The first-order chi connectivity index (χ1) is 15.3. The second kappa shape index (κ2) is 8.82. The van der Waals surface area contributed by atoms with Gasteiger partial charge in [0.2, 0.25) is 5.95 Å². The summed E-state index contributed by atoms with van der Waals surface area (Å²) in [7, 11) is 3.07. The summed E-state index contributed by atoms with van der Waals surface area (Å²) in [5.74, 6) is 1.82. The summed E-state index contributed by atoms with van der Waals surface area (Å²) in [5, 5.41) is 10.8. The topological polar surface area (TPSA) is 94.5 Å². The van der Waals surface area contributed by atoms with Gasteiger partial charge in [0.05, 0.1) is 6.54 Å². The molecule has 9 nitrogen and oxygen atoms in total. The van der Waals surface area contributed by atoms with Gasteiger partial charge < -0.3 is 19.3 Å². The van der Waals surface area contributed by atoms with E-state index in [0.29, 0.717) is 28.8 Å². The van der Waals surface area contributed by atoms with Crippen molar-refractivity contribution in [1.82, 2.24) is 18.7 Å². The molecule has 0 bridgehead atoms. The number of hydrogen-bond acceptors (Lipinski definition) is 6. The Hall–Kier alpha value is -3.07. The van der Waals surface area contributed by atoms with Gasteiger partial charge in [0.1, 0.15) is 18.5 Å². The third kappa shape index (κ3) is 4.04. The van der Waals surface area contributed by atoms with E-state index < -0.39 is 17.4 Å². The number of anilines is 1. The van der Waals surface area contributed by atoms with Gasteiger partial charge in [-0.3, -0.25) is 13.9 Å². The molecule has 172 valence electrons. The summed E-state index contributed by atoms with van der Waals surface area (Å²) >= 11 is 0. The Kier molecular flexibility index (Phi) is 6.10. The van der Waals surface area contributed by atoms with Crippen molar-refractivity contribution in [3.63, 3.8) is 0 Å². The van der Waals surface area contributed by atoms with Crippen LogP contribution in [0.1, 0.15) is 25.3 Å². The van der Waals surface area contributed by atoms with Gasteiger partial charge in [0, 0.05) is 27.2 Å². The number of aliphatic hydroxyl groups excluding tert-OH is 1. The van der Waals surface area contributed by atoms with E-state index in [1.807, 2.05) is 31.2 Å². The Morgan fingerprint density at radius 2 is 1.97 bits per heavy atom. The lowest BCUT2D eigenvalue weighted by Gasteiger charge is -2.32. The van der Waals surface area contributed by atoms with Crippen molar-refractivity contribution in [2.45, 2.75) is 39.3 Å². The highest BCUT2D eigenvalue weighted by molar-refractivity contribution is 5.74. The van der Waals surface area contributed by atoms with Crippen molar-refractivity contribution >= 4 is 17.1 Å². The van der Waals surface area contributed by atoms with Crippen LogP contribution in [0, 0.1) is 12.8 Å². The molecule has 1 aliphatic rings. The van der Waals surface area contributed by atoms with E-state index in [0.717, 1.165) is 36.1 Å². The first-order valence-corrected chi connectivity index (χ1v) is 11.1. The van der Waals surface area contributed by atoms with Crippen LogP contribution in [0.4, 0.5) is 5.95 Å². The molecular formula is C23H31N5O4. The Labute approximate surface area is 186 Å². The number of aryl methyl sites for hydroxylation is 2. The minimum atomic E-state index is -0.866. The number of benzene rings is 1. The van der Waals surface area contributed by atoms with Crippen LogP contribution in [0.2, 0.25) is 0 Å². The predicted octanol–water partition coefficient (Wildman–Crippen LogP) is 1.42. The molecule has 1 aliphatic heterocycles. The van der Waals surface area contributed by atoms with Crippen LogP contribution >= 0.6 is 0 Å². The minimum absolute atomic E-state index is 0.0758. The average molecular weight is 442 g/mol. The lowest BCUT2D eigenvalue weighted by atomic mass is 10.0. The summed E-state index contributed by atoms with van der Waals surface area (Å²) in [6.45, 7) is 5.98. The van der Waals surface area contributed by atoms with E-state index in [1.54, 1.807) is 11.6 Å². The molecule has 2 aromatic heterocycles. The molecule has 0 radical (unpaired) electrons. The smallest absolute Gasteiger partial charge is 0.332 e. The van der Waals surface area contributed by atoms with Crippen molar-refractivity contribution in [3.8, 4) is 5.75 Å². The molecule has 32 heavy (non-hydrogen) atoms. The first-order valence-electron chi connectivity index (χ1n) is 11.1. The van der Waals surface area contributed by atoms with E-state index in [4.69, 9.17) is 9.72 Å². The zero-order chi connectivity index (χ0) is 23.0. The SMILES string of the molecule is Cc1ccccc1OC[C@@H](O)Cn1c(N2CCC[C@H](C)C2)nc2c1c(=O)n(C)c(=O)n2C. The van der Waals surface area contributed by atoms with Crippen LogP contribution in [-0.4, -0.2) is 49.6 Å². The molecule has 1 fully saturated rings.